The van der Waals surface area contributed by atoms with Crippen molar-refractivity contribution in [2.75, 3.05) is 6.54 Å². The van der Waals surface area contributed by atoms with E-state index in [9.17, 15) is 0 Å². The number of rotatable bonds is 5. The number of pyridine rings is 1. The lowest BCUT2D eigenvalue weighted by Gasteiger charge is -2.09. The van der Waals surface area contributed by atoms with Gasteiger partial charge in [0.05, 0.1) is 0 Å². The van der Waals surface area contributed by atoms with Crippen molar-refractivity contribution in [3.8, 4) is 0 Å². The molecule has 0 aliphatic carbocycles. The molecule has 16 heavy (non-hydrogen) atoms. The van der Waals surface area contributed by atoms with Crippen LogP contribution in [-0.2, 0) is 6.54 Å². The Balaban J connectivity index is 1.99. The van der Waals surface area contributed by atoms with E-state index < -0.39 is 0 Å². The summed E-state index contributed by atoms with van der Waals surface area (Å²) in [6.07, 6.45) is 5.08. The summed E-state index contributed by atoms with van der Waals surface area (Å²) in [5, 5.41) is 4.70. The van der Waals surface area contributed by atoms with Crippen LogP contribution >= 0.6 is 0 Å². The van der Waals surface area contributed by atoms with Crippen molar-refractivity contribution in [2.24, 2.45) is 5.92 Å². The van der Waals surface area contributed by atoms with Gasteiger partial charge in [-0.05, 0) is 30.2 Å². The molecule has 2 aromatic rings. The fraction of sp³-hybridized carbons (Fsp3) is 0.462. The average Bonchev–Trinajstić information content (AvgIpc) is 2.73. The second kappa shape index (κ2) is 5.12. The molecule has 3 heteroatoms. The van der Waals surface area contributed by atoms with Crippen molar-refractivity contribution < 1.29 is 0 Å². The maximum atomic E-state index is 4.28. The predicted octanol–water partition coefficient (Wildman–Crippen LogP) is 2.70. The zero-order chi connectivity index (χ0) is 11.4. The normalized spacial score (nSPS) is 13.1. The fourth-order valence-electron chi connectivity index (χ4n) is 1.76. The number of hydrogen-bond acceptors (Lipinski definition) is 2. The van der Waals surface area contributed by atoms with Gasteiger partial charge in [-0.3, -0.25) is 0 Å². The summed E-state index contributed by atoms with van der Waals surface area (Å²) in [6.45, 7) is 6.48. The fourth-order valence-corrected chi connectivity index (χ4v) is 1.76. The predicted molar refractivity (Wildman–Crippen MR) is 67.3 cm³/mol. The third-order valence-corrected chi connectivity index (χ3v) is 3.04. The molecular weight excluding hydrogens is 198 g/mol. The Labute approximate surface area is 96.3 Å². The Morgan fingerprint density at radius 2 is 2.38 bits per heavy atom. The lowest BCUT2D eigenvalue weighted by atomic mass is 10.1. The molecule has 0 spiro atoms. The van der Waals surface area contributed by atoms with E-state index in [1.54, 1.807) is 0 Å². The standard InChI is InChI=1S/C13H19N3/c1-3-10(2)7-14-8-11-9-16-13-12(11)5-4-6-15-13/h4-6,9-10,14H,3,7-8H2,1-2H3,(H,15,16). The Morgan fingerprint density at radius 3 is 3.19 bits per heavy atom. The van der Waals surface area contributed by atoms with Gasteiger partial charge in [-0.2, -0.15) is 0 Å². The molecule has 0 aliphatic rings. The van der Waals surface area contributed by atoms with Crippen LogP contribution in [0.3, 0.4) is 0 Å². The smallest absolute Gasteiger partial charge is 0.137 e. The highest BCUT2D eigenvalue weighted by Gasteiger charge is 2.04. The molecule has 86 valence electrons. The molecule has 3 nitrogen and oxygen atoms in total. The molecule has 1 atom stereocenters. The highest BCUT2D eigenvalue weighted by atomic mass is 14.9. The van der Waals surface area contributed by atoms with E-state index >= 15 is 0 Å². The van der Waals surface area contributed by atoms with Crippen molar-refractivity contribution in [1.82, 2.24) is 15.3 Å². The Kier molecular flexibility index (Phi) is 3.57. The first kappa shape index (κ1) is 11.1. The van der Waals surface area contributed by atoms with E-state index in [4.69, 9.17) is 0 Å². The second-order valence-electron chi connectivity index (χ2n) is 4.36. The van der Waals surface area contributed by atoms with Gasteiger partial charge in [-0.25, -0.2) is 4.98 Å². The molecule has 0 aromatic carbocycles. The van der Waals surface area contributed by atoms with Crippen LogP contribution in [0.4, 0.5) is 0 Å². The largest absolute Gasteiger partial charge is 0.346 e. The molecule has 2 N–H and O–H groups in total. The van der Waals surface area contributed by atoms with Crippen LogP contribution in [0, 0.1) is 5.92 Å². The number of nitrogens with zero attached hydrogens (tertiary/aromatic N) is 1. The Hall–Kier alpha value is -1.35. The molecule has 0 saturated heterocycles. The SMILES string of the molecule is CCC(C)CNCc1c[nH]c2ncccc12. The summed E-state index contributed by atoms with van der Waals surface area (Å²) in [6, 6.07) is 4.09. The van der Waals surface area contributed by atoms with Gasteiger partial charge in [0.25, 0.3) is 0 Å². The molecule has 0 saturated carbocycles. The molecule has 0 amide bonds. The minimum absolute atomic E-state index is 0.739. The van der Waals surface area contributed by atoms with Crippen molar-refractivity contribution in [3.63, 3.8) is 0 Å². The van der Waals surface area contributed by atoms with Crippen molar-refractivity contribution in [1.29, 1.82) is 0 Å². The van der Waals surface area contributed by atoms with Crippen LogP contribution < -0.4 is 5.32 Å². The molecule has 1 unspecified atom stereocenters. The monoisotopic (exact) mass is 217 g/mol. The molecular formula is C13H19N3. The van der Waals surface area contributed by atoms with Crippen LogP contribution in [-0.4, -0.2) is 16.5 Å². The van der Waals surface area contributed by atoms with Gasteiger partial charge in [0.15, 0.2) is 0 Å². The van der Waals surface area contributed by atoms with E-state index in [1.165, 1.54) is 17.4 Å². The van der Waals surface area contributed by atoms with Crippen LogP contribution in [0.25, 0.3) is 11.0 Å². The average molecular weight is 217 g/mol. The quantitative estimate of drug-likeness (QED) is 0.808. The minimum Gasteiger partial charge on any atom is -0.346 e. The highest BCUT2D eigenvalue weighted by molar-refractivity contribution is 5.79. The van der Waals surface area contributed by atoms with Gasteiger partial charge in [-0.15, -0.1) is 0 Å². The maximum Gasteiger partial charge on any atom is 0.137 e. The van der Waals surface area contributed by atoms with Crippen LogP contribution in [0.15, 0.2) is 24.5 Å². The summed E-state index contributed by atoms with van der Waals surface area (Å²) in [5.74, 6) is 0.739. The van der Waals surface area contributed by atoms with Crippen molar-refractivity contribution in [3.05, 3.63) is 30.1 Å². The topological polar surface area (TPSA) is 40.7 Å². The van der Waals surface area contributed by atoms with Gasteiger partial charge in [0.1, 0.15) is 5.65 Å². The Bertz CT molecular complexity index is 447. The molecule has 0 aliphatic heterocycles. The molecule has 0 bridgehead atoms. The van der Waals surface area contributed by atoms with Gasteiger partial charge in [-0.1, -0.05) is 20.3 Å². The molecule has 2 heterocycles. The first-order chi connectivity index (χ1) is 7.81. The third-order valence-electron chi connectivity index (χ3n) is 3.04. The molecule has 0 radical (unpaired) electrons. The number of aromatic amines is 1. The first-order valence-corrected chi connectivity index (χ1v) is 5.93. The lowest BCUT2D eigenvalue weighted by Crippen LogP contribution is -2.20. The third kappa shape index (κ3) is 2.42. The molecule has 0 fully saturated rings. The number of hydrogen-bond donors (Lipinski definition) is 2. The summed E-state index contributed by atoms with van der Waals surface area (Å²) >= 11 is 0. The van der Waals surface area contributed by atoms with Gasteiger partial charge in [0.2, 0.25) is 0 Å². The van der Waals surface area contributed by atoms with Crippen LogP contribution in [0.2, 0.25) is 0 Å². The minimum atomic E-state index is 0.739. The van der Waals surface area contributed by atoms with E-state index in [0.29, 0.717) is 0 Å². The number of nitrogens with one attached hydrogen (secondary N) is 2. The molecule has 2 aromatic heterocycles. The second-order valence-corrected chi connectivity index (χ2v) is 4.36. The van der Waals surface area contributed by atoms with E-state index in [-0.39, 0.29) is 0 Å². The summed E-state index contributed by atoms with van der Waals surface area (Å²) in [7, 11) is 0. The highest BCUT2D eigenvalue weighted by Crippen LogP contribution is 2.15. The van der Waals surface area contributed by atoms with Gasteiger partial charge < -0.3 is 10.3 Å². The summed E-state index contributed by atoms with van der Waals surface area (Å²) < 4.78 is 0. The van der Waals surface area contributed by atoms with Gasteiger partial charge >= 0.3 is 0 Å². The van der Waals surface area contributed by atoms with Crippen molar-refractivity contribution >= 4 is 11.0 Å². The van der Waals surface area contributed by atoms with Crippen molar-refractivity contribution in [2.45, 2.75) is 26.8 Å². The van der Waals surface area contributed by atoms with Gasteiger partial charge in [0, 0.05) is 24.3 Å². The summed E-state index contributed by atoms with van der Waals surface area (Å²) in [5.41, 5.74) is 2.27. The lowest BCUT2D eigenvalue weighted by molar-refractivity contribution is 0.500. The number of aromatic nitrogens is 2. The summed E-state index contributed by atoms with van der Waals surface area (Å²) in [4.78, 5) is 7.47. The first-order valence-electron chi connectivity index (χ1n) is 5.93. The van der Waals surface area contributed by atoms with Crippen LogP contribution in [0.5, 0.6) is 0 Å². The van der Waals surface area contributed by atoms with E-state index in [1.807, 2.05) is 18.5 Å². The number of H-pyrrole nitrogens is 1. The maximum absolute atomic E-state index is 4.28. The zero-order valence-electron chi connectivity index (χ0n) is 9.96. The van der Waals surface area contributed by atoms with E-state index in [0.717, 1.165) is 24.7 Å². The van der Waals surface area contributed by atoms with E-state index in [2.05, 4.69) is 35.2 Å². The van der Waals surface area contributed by atoms with Crippen LogP contribution in [0.1, 0.15) is 25.8 Å². The molecule has 2 rings (SSSR count). The zero-order valence-corrected chi connectivity index (χ0v) is 9.96. The number of fused-ring (bicyclic) bond motifs is 1. The Morgan fingerprint density at radius 1 is 1.50 bits per heavy atom.